The van der Waals surface area contributed by atoms with Crippen molar-refractivity contribution in [1.29, 1.82) is 0 Å². The maximum atomic E-state index is 9.70. The van der Waals surface area contributed by atoms with Gasteiger partial charge in [0.1, 0.15) is 18.5 Å². The van der Waals surface area contributed by atoms with Crippen LogP contribution in [0.3, 0.4) is 0 Å². The van der Waals surface area contributed by atoms with E-state index in [1.807, 2.05) is 33.4 Å². The van der Waals surface area contributed by atoms with Gasteiger partial charge in [-0.05, 0) is 12.1 Å². The molecule has 0 radical (unpaired) electrons. The normalized spacial score (nSPS) is 12.8. The van der Waals surface area contributed by atoms with E-state index in [1.54, 1.807) is 0 Å². The maximum absolute atomic E-state index is 9.70. The predicted octanol–water partition coefficient (Wildman–Crippen LogP) is 1.04. The molecule has 3 N–H and O–H groups in total. The van der Waals surface area contributed by atoms with Gasteiger partial charge in [-0.25, -0.2) is 3.11 Å². The van der Waals surface area contributed by atoms with Crippen LogP contribution in [0.4, 0.5) is 0 Å². The molecule has 90 valence electrons. The van der Waals surface area contributed by atoms with Gasteiger partial charge in [-0.1, -0.05) is 18.2 Å². The molecule has 0 heterocycles. The minimum atomic E-state index is -0.497. The first-order valence-electron chi connectivity index (χ1n) is 5.19. The molecular weight excluding hydrogens is 319 g/mol. The van der Waals surface area contributed by atoms with Crippen molar-refractivity contribution in [3.63, 3.8) is 0 Å². The molecule has 0 aliphatic heterocycles. The second kappa shape index (κ2) is 7.83. The largest absolute Gasteiger partial charge is 0.491 e. The number of aliphatic hydroxyl groups excluding tert-OH is 1. The Morgan fingerprint density at radius 3 is 2.69 bits per heavy atom. The molecule has 1 aromatic carbocycles. The minimum Gasteiger partial charge on any atom is -0.491 e. The molecule has 0 fully saturated rings. The van der Waals surface area contributed by atoms with Gasteiger partial charge in [0, 0.05) is 42.5 Å². The number of nitrogens with two attached hydrogens (primary N) is 1. The molecule has 0 aromatic heterocycles. The van der Waals surface area contributed by atoms with Crippen LogP contribution in [0.1, 0.15) is 0 Å². The van der Waals surface area contributed by atoms with Crippen molar-refractivity contribution in [3.05, 3.63) is 30.3 Å². The van der Waals surface area contributed by atoms with Crippen molar-refractivity contribution in [1.82, 2.24) is 3.11 Å². The van der Waals surface area contributed by atoms with Crippen molar-refractivity contribution >= 4 is 22.9 Å². The van der Waals surface area contributed by atoms with Crippen LogP contribution >= 0.6 is 22.9 Å². The lowest BCUT2D eigenvalue weighted by atomic mass is 10.3. The monoisotopic (exact) mass is 336 g/mol. The fraction of sp³-hybridized carbons (Fsp3) is 0.455. The van der Waals surface area contributed by atoms with Crippen molar-refractivity contribution in [2.24, 2.45) is 5.73 Å². The summed E-state index contributed by atoms with van der Waals surface area (Å²) in [5.41, 5.74) is 5.41. The van der Waals surface area contributed by atoms with E-state index in [4.69, 9.17) is 10.5 Å². The topological polar surface area (TPSA) is 58.7 Å². The van der Waals surface area contributed by atoms with Crippen molar-refractivity contribution in [2.45, 2.75) is 6.10 Å². The molecule has 0 amide bonds. The van der Waals surface area contributed by atoms with Gasteiger partial charge < -0.3 is 15.6 Å². The number of rotatable bonds is 7. The Kier molecular flexibility index (Phi) is 6.70. The van der Waals surface area contributed by atoms with Crippen LogP contribution in [0.15, 0.2) is 30.3 Å². The quantitative estimate of drug-likeness (QED) is 0.577. The number of ether oxygens (including phenoxy) is 1. The molecule has 1 atom stereocenters. The van der Waals surface area contributed by atoms with Crippen LogP contribution in [-0.2, 0) is 0 Å². The standard InChI is InChI=1S/C11H17IN2O2/c12-14(7-6-13)8-10(15)9-16-11-4-2-1-3-5-11/h1-5,10,15H,6-9,13H2. The zero-order valence-electron chi connectivity index (χ0n) is 9.05. The number of para-hydroxylation sites is 1. The van der Waals surface area contributed by atoms with Crippen LogP contribution in [0.25, 0.3) is 0 Å². The molecule has 1 unspecified atom stereocenters. The molecule has 1 aromatic rings. The molecule has 0 aliphatic rings. The molecule has 0 saturated heterocycles. The zero-order chi connectivity index (χ0) is 11.8. The van der Waals surface area contributed by atoms with Crippen molar-refractivity contribution in [3.8, 4) is 5.75 Å². The van der Waals surface area contributed by atoms with E-state index >= 15 is 0 Å². The van der Waals surface area contributed by atoms with Crippen molar-refractivity contribution < 1.29 is 9.84 Å². The third-order valence-electron chi connectivity index (χ3n) is 1.97. The Bertz CT molecular complexity index is 285. The molecule has 5 heteroatoms. The van der Waals surface area contributed by atoms with Crippen LogP contribution in [0.2, 0.25) is 0 Å². The van der Waals surface area contributed by atoms with Gasteiger partial charge in [0.25, 0.3) is 0 Å². The van der Waals surface area contributed by atoms with E-state index in [0.717, 1.165) is 12.3 Å². The summed E-state index contributed by atoms with van der Waals surface area (Å²) in [6.45, 7) is 2.22. The first-order chi connectivity index (χ1) is 7.72. The summed E-state index contributed by atoms with van der Waals surface area (Å²) in [6.07, 6.45) is -0.497. The molecule has 4 nitrogen and oxygen atoms in total. The Morgan fingerprint density at radius 2 is 2.06 bits per heavy atom. The molecule has 0 saturated carbocycles. The number of aliphatic hydroxyl groups is 1. The van der Waals surface area contributed by atoms with Gasteiger partial charge in [-0.15, -0.1) is 0 Å². The van der Waals surface area contributed by atoms with E-state index in [2.05, 4.69) is 22.9 Å². The highest BCUT2D eigenvalue weighted by molar-refractivity contribution is 14.1. The van der Waals surface area contributed by atoms with E-state index < -0.39 is 6.10 Å². The molecule has 16 heavy (non-hydrogen) atoms. The van der Waals surface area contributed by atoms with E-state index in [-0.39, 0.29) is 0 Å². The highest BCUT2D eigenvalue weighted by Crippen LogP contribution is 2.09. The summed E-state index contributed by atoms with van der Waals surface area (Å²) in [7, 11) is 0. The summed E-state index contributed by atoms with van der Waals surface area (Å²) in [4.78, 5) is 0. The van der Waals surface area contributed by atoms with Gasteiger partial charge >= 0.3 is 0 Å². The van der Waals surface area contributed by atoms with Crippen LogP contribution in [0.5, 0.6) is 5.75 Å². The highest BCUT2D eigenvalue weighted by atomic mass is 127. The fourth-order valence-electron chi connectivity index (χ4n) is 1.22. The van der Waals surface area contributed by atoms with E-state index in [9.17, 15) is 5.11 Å². The third-order valence-corrected chi connectivity index (χ3v) is 2.84. The number of halogens is 1. The second-order valence-electron chi connectivity index (χ2n) is 3.44. The number of hydrogen-bond donors (Lipinski definition) is 2. The summed E-state index contributed by atoms with van der Waals surface area (Å²) in [5, 5.41) is 9.70. The number of benzene rings is 1. The summed E-state index contributed by atoms with van der Waals surface area (Å²) in [5.74, 6) is 0.778. The SMILES string of the molecule is NCCN(I)CC(O)COc1ccccc1. The third kappa shape index (κ3) is 5.64. The average Bonchev–Trinajstić information content (AvgIpc) is 2.28. The van der Waals surface area contributed by atoms with Crippen LogP contribution in [-0.4, -0.2) is 40.6 Å². The predicted molar refractivity (Wildman–Crippen MR) is 72.6 cm³/mol. The average molecular weight is 336 g/mol. The first kappa shape index (κ1) is 13.7. The molecule has 1 rings (SSSR count). The Balaban J connectivity index is 2.22. The second-order valence-corrected chi connectivity index (χ2v) is 4.80. The number of hydrogen-bond acceptors (Lipinski definition) is 4. The van der Waals surface area contributed by atoms with Gasteiger partial charge in [0.2, 0.25) is 0 Å². The maximum Gasteiger partial charge on any atom is 0.119 e. The van der Waals surface area contributed by atoms with Crippen LogP contribution in [0, 0.1) is 0 Å². The molecular formula is C11H17IN2O2. The lowest BCUT2D eigenvalue weighted by Gasteiger charge is -2.18. The van der Waals surface area contributed by atoms with Gasteiger partial charge in [0.15, 0.2) is 0 Å². The molecule has 0 spiro atoms. The smallest absolute Gasteiger partial charge is 0.119 e. The lowest BCUT2D eigenvalue weighted by Crippen LogP contribution is -2.32. The van der Waals surface area contributed by atoms with Crippen molar-refractivity contribution in [2.75, 3.05) is 26.2 Å². The van der Waals surface area contributed by atoms with Gasteiger partial charge in [0.05, 0.1) is 0 Å². The number of nitrogens with zero attached hydrogens (tertiary/aromatic N) is 1. The lowest BCUT2D eigenvalue weighted by molar-refractivity contribution is 0.0952. The minimum absolute atomic E-state index is 0.300. The Hall–Kier alpha value is -0.370. The Labute approximate surface area is 110 Å². The summed E-state index contributed by atoms with van der Waals surface area (Å²) < 4.78 is 7.39. The van der Waals surface area contributed by atoms with E-state index in [0.29, 0.717) is 19.7 Å². The van der Waals surface area contributed by atoms with Crippen LogP contribution < -0.4 is 10.5 Å². The molecule has 0 aliphatic carbocycles. The highest BCUT2D eigenvalue weighted by Gasteiger charge is 2.09. The van der Waals surface area contributed by atoms with E-state index in [1.165, 1.54) is 0 Å². The Morgan fingerprint density at radius 1 is 1.38 bits per heavy atom. The van der Waals surface area contributed by atoms with Gasteiger partial charge in [-0.2, -0.15) is 0 Å². The van der Waals surface area contributed by atoms with Gasteiger partial charge in [-0.3, -0.25) is 0 Å². The summed E-state index contributed by atoms with van der Waals surface area (Å²) in [6, 6.07) is 9.47. The summed E-state index contributed by atoms with van der Waals surface area (Å²) >= 11 is 2.15. The zero-order valence-corrected chi connectivity index (χ0v) is 11.2. The molecule has 0 bridgehead atoms. The first-order valence-corrected chi connectivity index (χ1v) is 6.15. The fourth-order valence-corrected chi connectivity index (χ4v) is 1.96.